The summed E-state index contributed by atoms with van der Waals surface area (Å²) in [5, 5.41) is 13.0. The summed E-state index contributed by atoms with van der Waals surface area (Å²) in [6.45, 7) is 4.13. The summed E-state index contributed by atoms with van der Waals surface area (Å²) < 4.78 is 3.89. The number of rotatable bonds is 4. The van der Waals surface area contributed by atoms with Crippen molar-refractivity contribution in [1.29, 1.82) is 0 Å². The molecule has 7 nitrogen and oxygen atoms in total. The van der Waals surface area contributed by atoms with Crippen molar-refractivity contribution in [3.63, 3.8) is 0 Å². The maximum Gasteiger partial charge on any atom is 0.263 e. The van der Waals surface area contributed by atoms with Crippen molar-refractivity contribution >= 4 is 17.2 Å². The SMILES string of the molecule is Cc1ccc(C(=O)N2CCCC(c3nnc(Cn4cccn4)n3C)C2)s1. The Labute approximate surface area is 156 Å². The summed E-state index contributed by atoms with van der Waals surface area (Å²) >= 11 is 1.56. The molecule has 0 radical (unpaired) electrons. The molecule has 8 heteroatoms. The van der Waals surface area contributed by atoms with Crippen LogP contribution in [0.25, 0.3) is 0 Å². The van der Waals surface area contributed by atoms with E-state index >= 15 is 0 Å². The minimum absolute atomic E-state index is 0.131. The molecule has 4 heterocycles. The van der Waals surface area contributed by atoms with Gasteiger partial charge in [-0.2, -0.15) is 5.10 Å². The second-order valence-corrected chi connectivity index (χ2v) is 8.03. The van der Waals surface area contributed by atoms with Gasteiger partial charge < -0.3 is 9.47 Å². The molecular weight excluding hydrogens is 348 g/mol. The number of hydrogen-bond acceptors (Lipinski definition) is 5. The van der Waals surface area contributed by atoms with Crippen LogP contribution in [0, 0.1) is 6.92 Å². The van der Waals surface area contributed by atoms with Crippen LogP contribution in [0.5, 0.6) is 0 Å². The van der Waals surface area contributed by atoms with Crippen LogP contribution in [0.2, 0.25) is 0 Å². The molecule has 1 amide bonds. The number of aromatic nitrogens is 5. The number of nitrogens with zero attached hydrogens (tertiary/aromatic N) is 6. The minimum atomic E-state index is 0.131. The van der Waals surface area contributed by atoms with Crippen molar-refractivity contribution in [3.05, 3.63) is 52.0 Å². The van der Waals surface area contributed by atoms with Gasteiger partial charge in [-0.05, 0) is 38.0 Å². The van der Waals surface area contributed by atoms with Gasteiger partial charge in [0.1, 0.15) is 12.4 Å². The third-order valence-electron chi connectivity index (χ3n) is 4.89. The van der Waals surface area contributed by atoms with E-state index in [2.05, 4.69) is 19.9 Å². The molecule has 4 rings (SSSR count). The lowest BCUT2D eigenvalue weighted by atomic mass is 9.97. The lowest BCUT2D eigenvalue weighted by Gasteiger charge is -2.32. The highest BCUT2D eigenvalue weighted by Crippen LogP contribution is 2.28. The zero-order chi connectivity index (χ0) is 18.1. The largest absolute Gasteiger partial charge is 0.337 e. The van der Waals surface area contributed by atoms with Crippen LogP contribution in [0.4, 0.5) is 0 Å². The molecule has 26 heavy (non-hydrogen) atoms. The summed E-state index contributed by atoms with van der Waals surface area (Å²) in [7, 11) is 2.00. The Hall–Kier alpha value is -2.48. The molecule has 1 aliphatic rings. The molecule has 1 saturated heterocycles. The van der Waals surface area contributed by atoms with Crippen molar-refractivity contribution in [3.8, 4) is 0 Å². The van der Waals surface area contributed by atoms with E-state index in [-0.39, 0.29) is 11.8 Å². The highest BCUT2D eigenvalue weighted by atomic mass is 32.1. The molecule has 0 aromatic carbocycles. The number of likely N-dealkylation sites (tertiary alicyclic amines) is 1. The first-order valence-corrected chi connectivity index (χ1v) is 9.65. The summed E-state index contributed by atoms with van der Waals surface area (Å²) in [6.07, 6.45) is 5.69. The zero-order valence-corrected chi connectivity index (χ0v) is 15.8. The van der Waals surface area contributed by atoms with E-state index in [9.17, 15) is 4.79 Å². The molecule has 3 aromatic heterocycles. The molecule has 1 atom stereocenters. The van der Waals surface area contributed by atoms with Gasteiger partial charge >= 0.3 is 0 Å². The highest BCUT2D eigenvalue weighted by molar-refractivity contribution is 7.13. The third-order valence-corrected chi connectivity index (χ3v) is 5.87. The predicted molar refractivity (Wildman–Crippen MR) is 99.3 cm³/mol. The number of carbonyl (C=O) groups is 1. The number of amides is 1. The Bertz CT molecular complexity index is 897. The van der Waals surface area contributed by atoms with Gasteiger partial charge in [-0.3, -0.25) is 9.48 Å². The average molecular weight is 370 g/mol. The van der Waals surface area contributed by atoms with Gasteiger partial charge in [-0.1, -0.05) is 0 Å². The van der Waals surface area contributed by atoms with Gasteiger partial charge in [0.05, 0.1) is 4.88 Å². The van der Waals surface area contributed by atoms with Crippen molar-refractivity contribution in [2.45, 2.75) is 32.2 Å². The van der Waals surface area contributed by atoms with E-state index in [0.29, 0.717) is 13.1 Å². The van der Waals surface area contributed by atoms with Crippen molar-refractivity contribution < 1.29 is 4.79 Å². The number of thiophene rings is 1. The second kappa shape index (κ2) is 7.03. The fraction of sp³-hybridized carbons (Fsp3) is 0.444. The Balaban J connectivity index is 1.49. The fourth-order valence-electron chi connectivity index (χ4n) is 3.49. The lowest BCUT2D eigenvalue weighted by Crippen LogP contribution is -2.39. The van der Waals surface area contributed by atoms with Crippen LogP contribution in [-0.4, -0.2) is 48.4 Å². The van der Waals surface area contributed by atoms with Crippen molar-refractivity contribution in [1.82, 2.24) is 29.4 Å². The normalized spacial score (nSPS) is 17.6. The van der Waals surface area contributed by atoms with Crippen LogP contribution in [0.15, 0.2) is 30.6 Å². The smallest absolute Gasteiger partial charge is 0.263 e. The summed E-state index contributed by atoms with van der Waals surface area (Å²) in [6, 6.07) is 5.83. The monoisotopic (exact) mass is 370 g/mol. The van der Waals surface area contributed by atoms with Gasteiger partial charge in [-0.25, -0.2) is 0 Å². The molecule has 1 aliphatic heterocycles. The first-order valence-electron chi connectivity index (χ1n) is 8.83. The number of hydrogen-bond donors (Lipinski definition) is 0. The van der Waals surface area contributed by atoms with Crippen LogP contribution >= 0.6 is 11.3 Å². The second-order valence-electron chi connectivity index (χ2n) is 6.74. The van der Waals surface area contributed by atoms with Crippen LogP contribution in [0.3, 0.4) is 0 Å². The van der Waals surface area contributed by atoms with Crippen LogP contribution in [-0.2, 0) is 13.6 Å². The number of piperidine rings is 1. The van der Waals surface area contributed by atoms with Gasteiger partial charge in [0.2, 0.25) is 0 Å². The topological polar surface area (TPSA) is 68.8 Å². The van der Waals surface area contributed by atoms with Gasteiger partial charge in [0.15, 0.2) is 5.82 Å². The molecule has 136 valence electrons. The Morgan fingerprint density at radius 3 is 2.96 bits per heavy atom. The van der Waals surface area contributed by atoms with E-state index in [1.807, 2.05) is 47.9 Å². The van der Waals surface area contributed by atoms with E-state index in [1.165, 1.54) is 4.88 Å². The first-order chi connectivity index (χ1) is 12.6. The Morgan fingerprint density at radius 2 is 2.23 bits per heavy atom. The zero-order valence-electron chi connectivity index (χ0n) is 15.0. The predicted octanol–water partition coefficient (Wildman–Crippen LogP) is 2.45. The first kappa shape index (κ1) is 17.0. The summed E-state index contributed by atoms with van der Waals surface area (Å²) in [5.74, 6) is 2.18. The van der Waals surface area contributed by atoms with Crippen molar-refractivity contribution in [2.75, 3.05) is 13.1 Å². The van der Waals surface area contributed by atoms with Crippen LogP contribution in [0.1, 0.15) is 45.0 Å². The third kappa shape index (κ3) is 3.29. The van der Waals surface area contributed by atoms with Crippen LogP contribution < -0.4 is 0 Å². The summed E-state index contributed by atoms with van der Waals surface area (Å²) in [5.41, 5.74) is 0. The molecular formula is C18H22N6OS. The molecule has 0 aliphatic carbocycles. The Kier molecular flexibility index (Phi) is 4.58. The van der Waals surface area contributed by atoms with Crippen molar-refractivity contribution in [2.24, 2.45) is 7.05 Å². The average Bonchev–Trinajstić information content (AvgIpc) is 3.38. The van der Waals surface area contributed by atoms with E-state index in [0.717, 1.165) is 35.9 Å². The van der Waals surface area contributed by atoms with Gasteiger partial charge in [-0.15, -0.1) is 21.5 Å². The van der Waals surface area contributed by atoms with E-state index < -0.39 is 0 Å². The molecule has 0 spiro atoms. The standard InChI is InChI=1S/C18H22N6OS/c1-13-6-7-15(26-13)18(25)23-9-3-5-14(11-23)17-21-20-16(22(17)2)12-24-10-4-8-19-24/h4,6-8,10,14H,3,5,9,11-12H2,1-2H3. The fourth-order valence-corrected chi connectivity index (χ4v) is 4.32. The number of aryl methyl sites for hydroxylation is 1. The highest BCUT2D eigenvalue weighted by Gasteiger charge is 2.29. The maximum absolute atomic E-state index is 12.8. The molecule has 1 unspecified atom stereocenters. The number of carbonyl (C=O) groups excluding carboxylic acids is 1. The quantitative estimate of drug-likeness (QED) is 0.707. The molecule has 1 fully saturated rings. The molecule has 0 saturated carbocycles. The molecule has 3 aromatic rings. The molecule has 0 bridgehead atoms. The lowest BCUT2D eigenvalue weighted by molar-refractivity contribution is 0.0708. The van der Waals surface area contributed by atoms with E-state index in [4.69, 9.17) is 0 Å². The maximum atomic E-state index is 12.8. The van der Waals surface area contributed by atoms with E-state index in [1.54, 1.807) is 17.5 Å². The minimum Gasteiger partial charge on any atom is -0.337 e. The summed E-state index contributed by atoms with van der Waals surface area (Å²) in [4.78, 5) is 16.7. The van der Waals surface area contributed by atoms with Gasteiger partial charge in [0.25, 0.3) is 5.91 Å². The Morgan fingerprint density at radius 1 is 1.35 bits per heavy atom. The van der Waals surface area contributed by atoms with Gasteiger partial charge in [0, 0.05) is 43.3 Å². The molecule has 0 N–H and O–H groups in total.